The average molecular weight is 256 g/mol. The van der Waals surface area contributed by atoms with E-state index < -0.39 is 0 Å². The van der Waals surface area contributed by atoms with Gasteiger partial charge in [-0.2, -0.15) is 0 Å². The van der Waals surface area contributed by atoms with Gasteiger partial charge in [-0.05, 0) is 29.8 Å². The molecule has 2 aromatic rings. The van der Waals surface area contributed by atoms with Gasteiger partial charge in [-0.25, -0.2) is 4.98 Å². The van der Waals surface area contributed by atoms with E-state index in [1.165, 1.54) is 5.56 Å². The summed E-state index contributed by atoms with van der Waals surface area (Å²) in [5, 5.41) is 0. The lowest BCUT2D eigenvalue weighted by molar-refractivity contribution is 0.304. The summed E-state index contributed by atoms with van der Waals surface area (Å²) in [7, 11) is 1.68. The number of methoxy groups -OCH3 is 1. The number of anilines is 1. The third-order valence-electron chi connectivity index (χ3n) is 3.20. The molecule has 4 heteroatoms. The molecule has 0 atom stereocenters. The molecule has 0 amide bonds. The molecule has 0 N–H and O–H groups in total. The minimum atomic E-state index is 0.703. The molecule has 98 valence electrons. The molecule has 1 aromatic carbocycles. The third-order valence-corrected chi connectivity index (χ3v) is 3.20. The molecule has 2 heterocycles. The summed E-state index contributed by atoms with van der Waals surface area (Å²) < 4.78 is 10.8. The van der Waals surface area contributed by atoms with Gasteiger partial charge in [-0.3, -0.25) is 0 Å². The van der Waals surface area contributed by atoms with Crippen LogP contribution in [0.25, 0.3) is 0 Å². The Kier molecular flexibility index (Phi) is 3.23. The monoisotopic (exact) mass is 256 g/mol. The molecule has 0 radical (unpaired) electrons. The van der Waals surface area contributed by atoms with E-state index in [9.17, 15) is 0 Å². The van der Waals surface area contributed by atoms with Crippen molar-refractivity contribution in [1.82, 2.24) is 4.98 Å². The summed E-state index contributed by atoms with van der Waals surface area (Å²) in [6.45, 7) is 2.39. The molecule has 0 saturated heterocycles. The predicted molar refractivity (Wildman–Crippen MR) is 73.8 cm³/mol. The van der Waals surface area contributed by atoms with Gasteiger partial charge < -0.3 is 14.4 Å². The van der Waals surface area contributed by atoms with E-state index in [2.05, 4.69) is 22.0 Å². The van der Waals surface area contributed by atoms with Gasteiger partial charge in [-0.15, -0.1) is 0 Å². The zero-order valence-electron chi connectivity index (χ0n) is 10.9. The van der Waals surface area contributed by atoms with E-state index in [0.29, 0.717) is 6.61 Å². The van der Waals surface area contributed by atoms with Crippen LogP contribution >= 0.6 is 0 Å². The Labute approximate surface area is 112 Å². The summed E-state index contributed by atoms with van der Waals surface area (Å²) in [4.78, 5) is 6.64. The third kappa shape index (κ3) is 2.47. The number of fused-ring (bicyclic) bond motifs is 1. The fraction of sp³-hybridized carbons (Fsp3) is 0.267. The molecule has 1 aromatic heterocycles. The molecular formula is C15H16N2O2. The second-order valence-corrected chi connectivity index (χ2v) is 4.44. The standard InChI is InChI=1S/C15H16N2O2/c1-18-13-6-4-12(5-7-13)11-17-9-10-19-14-3-2-8-16-15(14)17/h2-8H,9-11H2,1H3. The summed E-state index contributed by atoms with van der Waals surface area (Å²) in [5.74, 6) is 2.66. The number of nitrogens with zero attached hydrogens (tertiary/aromatic N) is 2. The molecule has 4 nitrogen and oxygen atoms in total. The number of ether oxygens (including phenoxy) is 2. The van der Waals surface area contributed by atoms with Gasteiger partial charge >= 0.3 is 0 Å². The van der Waals surface area contributed by atoms with Gasteiger partial charge in [0.25, 0.3) is 0 Å². The van der Waals surface area contributed by atoms with Crippen LogP contribution in [0, 0.1) is 0 Å². The van der Waals surface area contributed by atoms with Crippen LogP contribution in [0.2, 0.25) is 0 Å². The van der Waals surface area contributed by atoms with Crippen LogP contribution in [0.1, 0.15) is 5.56 Å². The maximum Gasteiger partial charge on any atom is 0.171 e. The Morgan fingerprint density at radius 1 is 1.26 bits per heavy atom. The van der Waals surface area contributed by atoms with Crippen LogP contribution in [0.15, 0.2) is 42.6 Å². The number of benzene rings is 1. The highest BCUT2D eigenvalue weighted by Crippen LogP contribution is 2.29. The average Bonchev–Trinajstić information content (AvgIpc) is 2.48. The minimum Gasteiger partial charge on any atom is -0.497 e. The molecule has 0 unspecified atom stereocenters. The van der Waals surface area contributed by atoms with Crippen molar-refractivity contribution < 1.29 is 9.47 Å². The zero-order chi connectivity index (χ0) is 13.1. The Balaban J connectivity index is 1.80. The lowest BCUT2D eigenvalue weighted by Gasteiger charge is -2.29. The van der Waals surface area contributed by atoms with Crippen LogP contribution in [-0.2, 0) is 6.54 Å². The lowest BCUT2D eigenvalue weighted by atomic mass is 10.2. The molecule has 0 fully saturated rings. The Morgan fingerprint density at radius 3 is 2.89 bits per heavy atom. The summed E-state index contributed by atoms with van der Waals surface area (Å²) in [6, 6.07) is 12.0. The number of hydrogen-bond acceptors (Lipinski definition) is 4. The largest absolute Gasteiger partial charge is 0.497 e. The van der Waals surface area contributed by atoms with Gasteiger partial charge in [0.1, 0.15) is 12.4 Å². The highest BCUT2D eigenvalue weighted by molar-refractivity contribution is 5.54. The van der Waals surface area contributed by atoms with Gasteiger partial charge in [0, 0.05) is 12.7 Å². The number of rotatable bonds is 3. The van der Waals surface area contributed by atoms with E-state index in [1.807, 2.05) is 24.3 Å². The first-order chi connectivity index (χ1) is 9.36. The molecule has 0 spiro atoms. The Bertz CT molecular complexity index is 554. The molecule has 1 aliphatic rings. The normalized spacial score (nSPS) is 13.6. The molecular weight excluding hydrogens is 240 g/mol. The summed E-state index contributed by atoms with van der Waals surface area (Å²) >= 11 is 0. The summed E-state index contributed by atoms with van der Waals surface area (Å²) in [5.41, 5.74) is 1.24. The Morgan fingerprint density at radius 2 is 2.11 bits per heavy atom. The number of aromatic nitrogens is 1. The SMILES string of the molecule is COc1ccc(CN2CCOc3cccnc32)cc1. The second kappa shape index (κ2) is 5.18. The number of hydrogen-bond donors (Lipinski definition) is 0. The van der Waals surface area contributed by atoms with Crippen molar-refractivity contribution in [2.75, 3.05) is 25.2 Å². The van der Waals surface area contributed by atoms with Crippen LogP contribution in [0.4, 0.5) is 5.82 Å². The maximum atomic E-state index is 5.60. The predicted octanol–water partition coefficient (Wildman–Crippen LogP) is 2.49. The summed E-state index contributed by atoms with van der Waals surface area (Å²) in [6.07, 6.45) is 1.80. The quantitative estimate of drug-likeness (QED) is 0.845. The smallest absolute Gasteiger partial charge is 0.171 e. The van der Waals surface area contributed by atoms with Crippen LogP contribution < -0.4 is 14.4 Å². The molecule has 0 bridgehead atoms. The fourth-order valence-corrected chi connectivity index (χ4v) is 2.21. The van der Waals surface area contributed by atoms with E-state index >= 15 is 0 Å². The highest BCUT2D eigenvalue weighted by Gasteiger charge is 2.18. The molecule has 0 aliphatic carbocycles. The first-order valence-electron chi connectivity index (χ1n) is 6.32. The van der Waals surface area contributed by atoms with Crippen LogP contribution in [0.3, 0.4) is 0 Å². The van der Waals surface area contributed by atoms with Crippen molar-refractivity contribution in [3.8, 4) is 11.5 Å². The van der Waals surface area contributed by atoms with Crippen molar-refractivity contribution in [2.24, 2.45) is 0 Å². The molecule has 19 heavy (non-hydrogen) atoms. The van der Waals surface area contributed by atoms with E-state index in [-0.39, 0.29) is 0 Å². The maximum absolute atomic E-state index is 5.60. The fourth-order valence-electron chi connectivity index (χ4n) is 2.21. The first-order valence-corrected chi connectivity index (χ1v) is 6.32. The van der Waals surface area contributed by atoms with Gasteiger partial charge in [0.15, 0.2) is 11.6 Å². The van der Waals surface area contributed by atoms with Gasteiger partial charge in [0.2, 0.25) is 0 Å². The molecule has 3 rings (SSSR count). The van der Waals surface area contributed by atoms with E-state index in [1.54, 1.807) is 13.3 Å². The Hall–Kier alpha value is -2.23. The van der Waals surface area contributed by atoms with Gasteiger partial charge in [-0.1, -0.05) is 12.1 Å². The van der Waals surface area contributed by atoms with Crippen molar-refractivity contribution in [2.45, 2.75) is 6.54 Å². The molecule has 1 aliphatic heterocycles. The second-order valence-electron chi connectivity index (χ2n) is 4.44. The van der Waals surface area contributed by atoms with Crippen molar-refractivity contribution in [1.29, 1.82) is 0 Å². The van der Waals surface area contributed by atoms with Gasteiger partial charge in [0.05, 0.1) is 13.7 Å². The van der Waals surface area contributed by atoms with Crippen molar-refractivity contribution >= 4 is 5.82 Å². The van der Waals surface area contributed by atoms with Crippen molar-refractivity contribution in [3.05, 3.63) is 48.2 Å². The zero-order valence-corrected chi connectivity index (χ0v) is 10.9. The van der Waals surface area contributed by atoms with Crippen LogP contribution in [-0.4, -0.2) is 25.2 Å². The minimum absolute atomic E-state index is 0.703. The molecule has 0 saturated carbocycles. The highest BCUT2D eigenvalue weighted by atomic mass is 16.5. The number of pyridine rings is 1. The first kappa shape index (κ1) is 11.8. The topological polar surface area (TPSA) is 34.6 Å². The van der Waals surface area contributed by atoms with E-state index in [4.69, 9.17) is 9.47 Å². The van der Waals surface area contributed by atoms with Crippen molar-refractivity contribution in [3.63, 3.8) is 0 Å². The van der Waals surface area contributed by atoms with E-state index in [0.717, 1.165) is 30.4 Å². The van der Waals surface area contributed by atoms with Crippen LogP contribution in [0.5, 0.6) is 11.5 Å². The lowest BCUT2D eigenvalue weighted by Crippen LogP contribution is -2.32.